The molecule has 0 spiro atoms. The van der Waals surface area contributed by atoms with Crippen molar-refractivity contribution in [3.8, 4) is 5.69 Å². The molecular weight excluding hydrogens is 388 g/mol. The van der Waals surface area contributed by atoms with Crippen molar-refractivity contribution in [1.82, 2.24) is 18.7 Å². The monoisotopic (exact) mass is 416 g/mol. The Hall–Kier alpha value is -3.41. The van der Waals surface area contributed by atoms with Crippen LogP contribution in [0.15, 0.2) is 58.4 Å². The minimum absolute atomic E-state index is 0.156. The summed E-state index contributed by atoms with van der Waals surface area (Å²) in [7, 11) is 0. The first-order valence-corrected chi connectivity index (χ1v) is 10.6. The van der Waals surface area contributed by atoms with Crippen LogP contribution in [0.25, 0.3) is 16.9 Å². The number of fused-ring (bicyclic) bond motifs is 1. The minimum atomic E-state index is -0.348. The van der Waals surface area contributed by atoms with Crippen molar-refractivity contribution in [1.29, 1.82) is 0 Å². The summed E-state index contributed by atoms with van der Waals surface area (Å²) in [6.07, 6.45) is 1.66. The van der Waals surface area contributed by atoms with Crippen LogP contribution >= 0.6 is 0 Å². The predicted octanol–water partition coefficient (Wildman–Crippen LogP) is 3.98. The van der Waals surface area contributed by atoms with Crippen LogP contribution in [0, 0.1) is 26.7 Å². The largest absolute Gasteiger partial charge is 0.337 e. The van der Waals surface area contributed by atoms with E-state index in [0.29, 0.717) is 24.3 Å². The molecule has 0 N–H and O–H groups in total. The van der Waals surface area contributed by atoms with Gasteiger partial charge < -0.3 is 4.57 Å². The lowest BCUT2D eigenvalue weighted by atomic mass is 10.1. The molecule has 0 saturated carbocycles. The third-order valence-corrected chi connectivity index (χ3v) is 5.51. The molecule has 160 valence electrons. The lowest BCUT2D eigenvalue weighted by molar-refractivity contribution is 0.488. The Balaban J connectivity index is 2.01. The molecule has 2 heterocycles. The summed E-state index contributed by atoms with van der Waals surface area (Å²) < 4.78 is 4.78. The number of aromatic nitrogens is 4. The highest BCUT2D eigenvalue weighted by Crippen LogP contribution is 2.19. The zero-order valence-corrected chi connectivity index (χ0v) is 18.7. The lowest BCUT2D eigenvalue weighted by Gasteiger charge is -2.16. The fourth-order valence-electron chi connectivity index (χ4n) is 3.99. The van der Waals surface area contributed by atoms with Crippen molar-refractivity contribution < 1.29 is 0 Å². The van der Waals surface area contributed by atoms with Gasteiger partial charge in [0, 0.05) is 13.1 Å². The quantitative estimate of drug-likeness (QED) is 0.494. The molecule has 0 saturated heterocycles. The zero-order chi connectivity index (χ0) is 22.3. The van der Waals surface area contributed by atoms with Crippen molar-refractivity contribution in [3.05, 3.63) is 91.9 Å². The van der Waals surface area contributed by atoms with Gasteiger partial charge in [-0.2, -0.15) is 0 Å². The number of hydrogen-bond acceptors (Lipinski definition) is 3. The molecule has 2 aromatic heterocycles. The van der Waals surface area contributed by atoms with E-state index in [9.17, 15) is 9.59 Å². The Morgan fingerprint density at radius 2 is 1.61 bits per heavy atom. The second-order valence-corrected chi connectivity index (χ2v) is 8.75. The van der Waals surface area contributed by atoms with Gasteiger partial charge in [0.2, 0.25) is 0 Å². The lowest BCUT2D eigenvalue weighted by Crippen LogP contribution is -2.41. The molecular formula is C25H28N4O2. The van der Waals surface area contributed by atoms with Crippen LogP contribution in [0.2, 0.25) is 0 Å². The Morgan fingerprint density at radius 1 is 0.935 bits per heavy atom. The maximum atomic E-state index is 13.5. The van der Waals surface area contributed by atoms with E-state index in [-0.39, 0.29) is 17.2 Å². The summed E-state index contributed by atoms with van der Waals surface area (Å²) in [6, 6.07) is 14.1. The van der Waals surface area contributed by atoms with Crippen molar-refractivity contribution >= 4 is 11.2 Å². The molecule has 0 fully saturated rings. The van der Waals surface area contributed by atoms with Gasteiger partial charge in [0.15, 0.2) is 11.2 Å². The number of rotatable bonds is 5. The highest BCUT2D eigenvalue weighted by atomic mass is 16.2. The summed E-state index contributed by atoms with van der Waals surface area (Å²) in [6.45, 7) is 10.9. The third kappa shape index (κ3) is 3.85. The van der Waals surface area contributed by atoms with Crippen molar-refractivity contribution in [2.45, 2.75) is 47.7 Å². The number of nitrogens with zero attached hydrogens (tertiary/aromatic N) is 4. The number of hydrogen-bond donors (Lipinski definition) is 0. The summed E-state index contributed by atoms with van der Waals surface area (Å²) in [4.78, 5) is 31.4. The predicted molar refractivity (Wildman–Crippen MR) is 124 cm³/mol. The molecule has 4 rings (SSSR count). The standard InChI is InChI=1S/C25H28N4O2/c1-16(2)13-28-24(30)22-23(26-15-27(22)14-20-9-6-17(3)7-10-20)29(25(28)31)21-11-8-18(4)12-19(21)5/h6-12,15-16H,13-14H2,1-5H3. The molecule has 0 aliphatic carbocycles. The fraction of sp³-hybridized carbons (Fsp3) is 0.320. The van der Waals surface area contributed by atoms with Crippen LogP contribution in [0.3, 0.4) is 0 Å². The Bertz CT molecular complexity index is 1370. The summed E-state index contributed by atoms with van der Waals surface area (Å²) in [5, 5.41) is 0. The normalized spacial score (nSPS) is 11.5. The Labute approximate surface area is 181 Å². The Morgan fingerprint density at radius 3 is 2.26 bits per heavy atom. The van der Waals surface area contributed by atoms with E-state index in [2.05, 4.69) is 17.1 Å². The molecule has 0 aliphatic rings. The van der Waals surface area contributed by atoms with Crippen LogP contribution < -0.4 is 11.2 Å². The average Bonchev–Trinajstić information content (AvgIpc) is 3.12. The van der Waals surface area contributed by atoms with Crippen molar-refractivity contribution in [3.63, 3.8) is 0 Å². The van der Waals surface area contributed by atoms with E-state index in [1.54, 1.807) is 10.9 Å². The van der Waals surface area contributed by atoms with E-state index < -0.39 is 0 Å². The first-order valence-electron chi connectivity index (χ1n) is 10.6. The molecule has 6 heteroatoms. The van der Waals surface area contributed by atoms with Crippen LogP contribution in [-0.2, 0) is 13.1 Å². The highest BCUT2D eigenvalue weighted by Gasteiger charge is 2.20. The Kier molecular flexibility index (Phi) is 5.39. The van der Waals surface area contributed by atoms with Gasteiger partial charge >= 0.3 is 5.69 Å². The molecule has 6 nitrogen and oxygen atoms in total. The maximum absolute atomic E-state index is 13.5. The van der Waals surface area contributed by atoms with Gasteiger partial charge in [0.25, 0.3) is 5.56 Å². The molecule has 2 aromatic carbocycles. The SMILES string of the molecule is Cc1ccc(Cn2cnc3c2c(=O)n(CC(C)C)c(=O)n3-c2ccc(C)cc2C)cc1. The second-order valence-electron chi connectivity index (χ2n) is 8.75. The number of benzene rings is 2. The molecule has 0 atom stereocenters. The van der Waals surface area contributed by atoms with E-state index in [1.165, 1.54) is 10.1 Å². The molecule has 0 unspecified atom stereocenters. The van der Waals surface area contributed by atoms with Gasteiger partial charge in [-0.3, -0.25) is 9.36 Å². The van der Waals surface area contributed by atoms with Gasteiger partial charge in [-0.15, -0.1) is 0 Å². The van der Waals surface area contributed by atoms with Crippen molar-refractivity contribution in [2.75, 3.05) is 0 Å². The number of aryl methyl sites for hydroxylation is 3. The summed E-state index contributed by atoms with van der Waals surface area (Å²) in [5.74, 6) is 0.156. The van der Waals surface area contributed by atoms with Crippen LogP contribution in [0.4, 0.5) is 0 Å². The van der Waals surface area contributed by atoms with Crippen LogP contribution in [-0.4, -0.2) is 18.7 Å². The molecule has 31 heavy (non-hydrogen) atoms. The van der Waals surface area contributed by atoms with Crippen molar-refractivity contribution in [2.24, 2.45) is 5.92 Å². The van der Waals surface area contributed by atoms with E-state index in [1.807, 2.05) is 69.5 Å². The maximum Gasteiger partial charge on any atom is 0.337 e. The third-order valence-electron chi connectivity index (χ3n) is 5.51. The summed E-state index contributed by atoms with van der Waals surface area (Å²) >= 11 is 0. The topological polar surface area (TPSA) is 61.8 Å². The molecule has 0 radical (unpaired) electrons. The van der Waals surface area contributed by atoms with E-state index in [0.717, 1.165) is 22.4 Å². The minimum Gasteiger partial charge on any atom is -0.320 e. The second kappa shape index (κ2) is 8.02. The van der Waals surface area contributed by atoms with Gasteiger partial charge in [0.05, 0.1) is 12.0 Å². The van der Waals surface area contributed by atoms with E-state index in [4.69, 9.17) is 0 Å². The smallest absolute Gasteiger partial charge is 0.320 e. The van der Waals surface area contributed by atoms with Crippen LogP contribution in [0.5, 0.6) is 0 Å². The fourth-order valence-corrected chi connectivity index (χ4v) is 3.99. The molecule has 0 aliphatic heterocycles. The summed E-state index contributed by atoms with van der Waals surface area (Å²) in [5.41, 5.74) is 5.29. The molecule has 0 bridgehead atoms. The average molecular weight is 417 g/mol. The first-order chi connectivity index (χ1) is 14.8. The van der Waals surface area contributed by atoms with Gasteiger partial charge in [-0.05, 0) is 43.9 Å². The van der Waals surface area contributed by atoms with Gasteiger partial charge in [-0.1, -0.05) is 61.4 Å². The highest BCUT2D eigenvalue weighted by molar-refractivity contribution is 5.73. The first kappa shape index (κ1) is 20.8. The van der Waals surface area contributed by atoms with Crippen LogP contribution in [0.1, 0.15) is 36.1 Å². The van der Waals surface area contributed by atoms with Gasteiger partial charge in [0.1, 0.15) is 0 Å². The zero-order valence-electron chi connectivity index (χ0n) is 18.7. The molecule has 4 aromatic rings. The van der Waals surface area contributed by atoms with E-state index >= 15 is 0 Å². The number of imidazole rings is 1. The van der Waals surface area contributed by atoms with Gasteiger partial charge in [-0.25, -0.2) is 14.3 Å². The molecule has 0 amide bonds.